The number of benzene rings is 1. The standard InChI is InChI=1S/C22H31ClN2O3S.ClH/c23-20-2-1-18(28-4-6-29(27)5-3-24)10-19(20)21(26)25-14-22-11-15-7-16(12-22)9-17(8-15)13-22;/h1-2,10,15-17H,3-9,11-14,24H2,(H,25,26);1H. The lowest BCUT2D eigenvalue weighted by Crippen LogP contribution is -2.51. The molecule has 5 nitrogen and oxygen atoms in total. The third kappa shape index (κ3) is 5.57. The highest BCUT2D eigenvalue weighted by atomic mass is 35.5. The number of carbonyl (C=O) groups excluding carboxylic acids is 1. The van der Waals surface area contributed by atoms with Gasteiger partial charge in [0.15, 0.2) is 0 Å². The number of rotatable bonds is 9. The Morgan fingerprint density at radius 2 is 1.83 bits per heavy atom. The summed E-state index contributed by atoms with van der Waals surface area (Å²) in [6.45, 7) is 1.47. The minimum absolute atomic E-state index is 0. The van der Waals surface area contributed by atoms with Gasteiger partial charge in [-0.1, -0.05) is 11.6 Å². The van der Waals surface area contributed by atoms with Gasteiger partial charge in [-0.05, 0) is 91.1 Å². The first-order valence-electron chi connectivity index (χ1n) is 10.7. The Morgan fingerprint density at radius 3 is 2.43 bits per heavy atom. The molecule has 0 spiro atoms. The Labute approximate surface area is 193 Å². The van der Waals surface area contributed by atoms with Crippen molar-refractivity contribution in [1.82, 2.24) is 5.32 Å². The summed E-state index contributed by atoms with van der Waals surface area (Å²) < 4.78 is 17.4. The van der Waals surface area contributed by atoms with Crippen molar-refractivity contribution in [3.05, 3.63) is 28.8 Å². The molecule has 4 aliphatic carbocycles. The Bertz CT molecular complexity index is 714. The normalized spacial score (nSPS) is 29.9. The maximum Gasteiger partial charge on any atom is 0.252 e. The molecule has 1 aromatic rings. The number of ether oxygens (including phenoxy) is 1. The number of nitrogens with two attached hydrogens (primary N) is 1. The number of halogens is 2. The van der Waals surface area contributed by atoms with Crippen LogP contribution >= 0.6 is 24.0 Å². The minimum Gasteiger partial charge on any atom is -0.616 e. The number of hydrogen-bond donors (Lipinski definition) is 2. The van der Waals surface area contributed by atoms with E-state index in [2.05, 4.69) is 5.32 Å². The van der Waals surface area contributed by atoms with Gasteiger partial charge < -0.3 is 20.3 Å². The van der Waals surface area contributed by atoms with Crippen LogP contribution in [0.5, 0.6) is 5.75 Å². The van der Waals surface area contributed by atoms with Crippen LogP contribution in [-0.2, 0) is 11.2 Å². The van der Waals surface area contributed by atoms with E-state index in [1.165, 1.54) is 38.5 Å². The average molecular weight is 475 g/mol. The van der Waals surface area contributed by atoms with Crippen molar-refractivity contribution < 1.29 is 14.1 Å². The second-order valence-corrected chi connectivity index (χ2v) is 11.3. The molecule has 168 valence electrons. The average Bonchev–Trinajstić information content (AvgIpc) is 2.67. The molecular formula is C22H32Cl2N2O3S. The van der Waals surface area contributed by atoms with E-state index in [4.69, 9.17) is 22.1 Å². The lowest BCUT2D eigenvalue weighted by molar-refractivity contribution is -0.0503. The van der Waals surface area contributed by atoms with Gasteiger partial charge in [0.1, 0.15) is 23.9 Å². The fourth-order valence-corrected chi connectivity index (χ4v) is 7.06. The second-order valence-electron chi connectivity index (χ2n) is 9.23. The van der Waals surface area contributed by atoms with Crippen LogP contribution in [0.2, 0.25) is 5.02 Å². The van der Waals surface area contributed by atoms with Gasteiger partial charge in [-0.15, -0.1) is 12.4 Å². The zero-order chi connectivity index (χ0) is 20.4. The highest BCUT2D eigenvalue weighted by Gasteiger charge is 2.50. The first-order chi connectivity index (χ1) is 14.0. The zero-order valence-electron chi connectivity index (χ0n) is 17.2. The van der Waals surface area contributed by atoms with Gasteiger partial charge in [-0.25, -0.2) is 0 Å². The van der Waals surface area contributed by atoms with Crippen molar-refractivity contribution >= 4 is 41.1 Å². The van der Waals surface area contributed by atoms with E-state index in [0.717, 1.165) is 24.3 Å². The molecule has 1 amide bonds. The van der Waals surface area contributed by atoms with E-state index >= 15 is 0 Å². The molecule has 4 fully saturated rings. The van der Waals surface area contributed by atoms with E-state index < -0.39 is 11.2 Å². The third-order valence-electron chi connectivity index (χ3n) is 6.90. The predicted molar refractivity (Wildman–Crippen MR) is 124 cm³/mol. The molecule has 0 heterocycles. The molecule has 4 saturated carbocycles. The number of hydrogen-bond acceptors (Lipinski definition) is 4. The minimum atomic E-state index is -0.976. The molecule has 0 aromatic heterocycles. The van der Waals surface area contributed by atoms with Crippen molar-refractivity contribution in [2.24, 2.45) is 28.9 Å². The first-order valence-corrected chi connectivity index (χ1v) is 12.6. The lowest BCUT2D eigenvalue weighted by Gasteiger charge is -2.56. The van der Waals surface area contributed by atoms with Gasteiger partial charge in [-0.2, -0.15) is 0 Å². The summed E-state index contributed by atoms with van der Waals surface area (Å²) >= 11 is 5.32. The van der Waals surface area contributed by atoms with E-state index in [1.54, 1.807) is 18.2 Å². The van der Waals surface area contributed by atoms with Crippen LogP contribution in [0, 0.1) is 23.2 Å². The molecule has 3 N–H and O–H groups in total. The maximum absolute atomic E-state index is 12.9. The van der Waals surface area contributed by atoms with E-state index in [0.29, 0.717) is 41.0 Å². The molecule has 1 atom stereocenters. The SMILES string of the molecule is Cl.NCC[S+]([O-])CCOc1ccc(Cl)c(C(=O)NCC23CC4CC(CC(C4)C2)C3)c1. The quantitative estimate of drug-likeness (QED) is 0.532. The zero-order valence-corrected chi connectivity index (χ0v) is 19.6. The molecule has 0 aliphatic heterocycles. The van der Waals surface area contributed by atoms with Gasteiger partial charge in [-0.3, -0.25) is 4.79 Å². The topological polar surface area (TPSA) is 87.4 Å². The number of carbonyl (C=O) groups is 1. The Kier molecular flexibility index (Phi) is 8.24. The lowest BCUT2D eigenvalue weighted by atomic mass is 9.49. The fourth-order valence-electron chi connectivity index (χ4n) is 6.12. The Hall–Kier alpha value is -0.660. The van der Waals surface area contributed by atoms with Crippen LogP contribution in [-0.4, -0.2) is 41.7 Å². The Morgan fingerprint density at radius 1 is 1.20 bits per heavy atom. The summed E-state index contributed by atoms with van der Waals surface area (Å²) in [5.41, 5.74) is 6.14. The van der Waals surface area contributed by atoms with Crippen LogP contribution in [0.25, 0.3) is 0 Å². The molecule has 1 unspecified atom stereocenters. The summed E-state index contributed by atoms with van der Waals surface area (Å²) in [4.78, 5) is 12.9. The molecule has 8 heteroatoms. The van der Waals surface area contributed by atoms with Crippen LogP contribution < -0.4 is 15.8 Å². The van der Waals surface area contributed by atoms with Crippen molar-refractivity contribution in [2.75, 3.05) is 31.2 Å². The van der Waals surface area contributed by atoms with Gasteiger partial charge in [0.05, 0.1) is 10.6 Å². The largest absolute Gasteiger partial charge is 0.616 e. The maximum atomic E-state index is 12.9. The van der Waals surface area contributed by atoms with Crippen molar-refractivity contribution in [3.63, 3.8) is 0 Å². The van der Waals surface area contributed by atoms with Crippen molar-refractivity contribution in [1.29, 1.82) is 0 Å². The highest BCUT2D eigenvalue weighted by molar-refractivity contribution is 7.91. The molecule has 1 aromatic carbocycles. The van der Waals surface area contributed by atoms with Crippen LogP contribution in [0.1, 0.15) is 48.9 Å². The molecular weight excluding hydrogens is 443 g/mol. The molecule has 0 saturated heterocycles. The predicted octanol–water partition coefficient (Wildman–Crippen LogP) is 3.79. The van der Waals surface area contributed by atoms with Crippen LogP contribution in [0.15, 0.2) is 18.2 Å². The summed E-state index contributed by atoms with van der Waals surface area (Å²) in [6, 6.07) is 5.11. The molecule has 30 heavy (non-hydrogen) atoms. The highest BCUT2D eigenvalue weighted by Crippen LogP contribution is 2.59. The summed E-state index contributed by atoms with van der Waals surface area (Å²) in [6.07, 6.45) is 7.97. The number of nitrogens with one attached hydrogen (secondary N) is 1. The van der Waals surface area contributed by atoms with E-state index in [-0.39, 0.29) is 23.7 Å². The summed E-state index contributed by atoms with van der Waals surface area (Å²) in [5, 5.41) is 3.60. The smallest absolute Gasteiger partial charge is 0.252 e. The summed E-state index contributed by atoms with van der Waals surface area (Å²) in [5.74, 6) is 3.92. The fraction of sp³-hybridized carbons (Fsp3) is 0.682. The monoisotopic (exact) mass is 474 g/mol. The Balaban J connectivity index is 0.00000256. The molecule has 5 rings (SSSR count). The third-order valence-corrected chi connectivity index (χ3v) is 8.54. The van der Waals surface area contributed by atoms with E-state index in [1.807, 2.05) is 0 Å². The van der Waals surface area contributed by atoms with Gasteiger partial charge in [0.2, 0.25) is 0 Å². The van der Waals surface area contributed by atoms with Crippen LogP contribution in [0.4, 0.5) is 0 Å². The van der Waals surface area contributed by atoms with Crippen molar-refractivity contribution in [3.8, 4) is 5.75 Å². The van der Waals surface area contributed by atoms with Gasteiger partial charge in [0.25, 0.3) is 5.91 Å². The number of amides is 1. The first kappa shape index (κ1) is 24.0. The van der Waals surface area contributed by atoms with Gasteiger partial charge in [0, 0.05) is 13.1 Å². The van der Waals surface area contributed by atoms with Gasteiger partial charge >= 0.3 is 0 Å². The molecule has 0 radical (unpaired) electrons. The van der Waals surface area contributed by atoms with Crippen LogP contribution in [0.3, 0.4) is 0 Å². The molecule has 4 bridgehead atoms. The molecule has 4 aliphatic rings. The van der Waals surface area contributed by atoms with Crippen molar-refractivity contribution in [2.45, 2.75) is 38.5 Å². The summed E-state index contributed by atoms with van der Waals surface area (Å²) in [7, 11) is 0. The van der Waals surface area contributed by atoms with E-state index in [9.17, 15) is 9.35 Å². The second kappa shape index (κ2) is 10.3.